The summed E-state index contributed by atoms with van der Waals surface area (Å²) < 4.78 is 0. The maximum absolute atomic E-state index is 11.0. The van der Waals surface area contributed by atoms with Crippen LogP contribution in [0.5, 0.6) is 0 Å². The number of nitro groups is 1. The molecule has 5 nitrogen and oxygen atoms in total. The molecule has 1 aromatic rings. The molecule has 0 bridgehead atoms. The van der Waals surface area contributed by atoms with Gasteiger partial charge in [-0.1, -0.05) is 43.4 Å². The molecule has 2 N–H and O–H groups in total. The quantitative estimate of drug-likeness (QED) is 0.361. The third kappa shape index (κ3) is 4.86. The van der Waals surface area contributed by atoms with E-state index in [0.717, 1.165) is 6.54 Å². The summed E-state index contributed by atoms with van der Waals surface area (Å²) >= 11 is 6.04. The van der Waals surface area contributed by atoms with Crippen LogP contribution in [0.2, 0.25) is 5.02 Å². The maximum atomic E-state index is 11.0. The van der Waals surface area contributed by atoms with Gasteiger partial charge in [0.2, 0.25) is 0 Å². The smallest absolute Gasteiger partial charge is 0.293 e. The topological polar surface area (TPSA) is 67.2 Å². The molecule has 6 heteroatoms. The molecule has 0 atom stereocenters. The van der Waals surface area contributed by atoms with Crippen LogP contribution in [0, 0.1) is 10.1 Å². The van der Waals surface area contributed by atoms with Gasteiger partial charge in [0, 0.05) is 25.2 Å². The summed E-state index contributed by atoms with van der Waals surface area (Å²) in [5.41, 5.74) is 0.434. The first kappa shape index (κ1) is 16.0. The average Bonchev–Trinajstić information content (AvgIpc) is 2.73. The molecule has 0 aromatic heterocycles. The van der Waals surface area contributed by atoms with Crippen LogP contribution in [0.4, 0.5) is 11.4 Å². The van der Waals surface area contributed by atoms with Crippen LogP contribution in [0.15, 0.2) is 18.2 Å². The van der Waals surface area contributed by atoms with Gasteiger partial charge in [0.25, 0.3) is 5.69 Å². The van der Waals surface area contributed by atoms with E-state index in [1.807, 2.05) is 0 Å². The summed E-state index contributed by atoms with van der Waals surface area (Å²) in [5.74, 6) is 0. The highest BCUT2D eigenvalue weighted by atomic mass is 35.5. The second kappa shape index (κ2) is 8.20. The van der Waals surface area contributed by atoms with Gasteiger partial charge in [0.05, 0.1) is 9.95 Å². The first-order valence-corrected chi connectivity index (χ1v) is 7.96. The zero-order chi connectivity index (χ0) is 15.1. The number of hydrogen-bond donors (Lipinski definition) is 2. The number of nitro benzene ring substituents is 1. The number of para-hydroxylation sites is 1. The van der Waals surface area contributed by atoms with Crippen LogP contribution >= 0.6 is 11.6 Å². The molecule has 116 valence electrons. The zero-order valence-corrected chi connectivity index (χ0v) is 12.9. The number of anilines is 1. The van der Waals surface area contributed by atoms with E-state index in [2.05, 4.69) is 10.6 Å². The van der Waals surface area contributed by atoms with Crippen LogP contribution in [-0.4, -0.2) is 24.1 Å². The highest BCUT2D eigenvalue weighted by Crippen LogP contribution is 2.31. The zero-order valence-electron chi connectivity index (χ0n) is 12.1. The number of benzene rings is 1. The molecule has 2 rings (SSSR count). The summed E-state index contributed by atoms with van der Waals surface area (Å²) in [7, 11) is 0. The second-order valence-corrected chi connectivity index (χ2v) is 5.87. The SMILES string of the molecule is O=[N+]([O-])c1cccc(Cl)c1NCCNC1CCCCCC1. The van der Waals surface area contributed by atoms with Crippen molar-refractivity contribution in [2.24, 2.45) is 0 Å². The van der Waals surface area contributed by atoms with E-state index in [1.165, 1.54) is 44.6 Å². The molecule has 0 amide bonds. The third-order valence-corrected chi connectivity index (χ3v) is 4.22. The van der Waals surface area contributed by atoms with Crippen molar-refractivity contribution < 1.29 is 4.92 Å². The number of nitrogens with one attached hydrogen (secondary N) is 2. The molecule has 0 unspecified atom stereocenters. The van der Waals surface area contributed by atoms with Crippen LogP contribution in [0.1, 0.15) is 38.5 Å². The van der Waals surface area contributed by atoms with Crippen molar-refractivity contribution in [2.75, 3.05) is 18.4 Å². The molecular weight excluding hydrogens is 290 g/mol. The molecule has 0 heterocycles. The lowest BCUT2D eigenvalue weighted by molar-refractivity contribution is -0.383. The van der Waals surface area contributed by atoms with Crippen molar-refractivity contribution >= 4 is 23.0 Å². The van der Waals surface area contributed by atoms with Gasteiger partial charge in [-0.05, 0) is 18.9 Å². The van der Waals surface area contributed by atoms with Crippen LogP contribution < -0.4 is 10.6 Å². The van der Waals surface area contributed by atoms with E-state index < -0.39 is 4.92 Å². The van der Waals surface area contributed by atoms with Crippen molar-refractivity contribution in [1.82, 2.24) is 5.32 Å². The van der Waals surface area contributed by atoms with E-state index in [9.17, 15) is 10.1 Å². The number of rotatable bonds is 6. The Labute approximate surface area is 130 Å². The van der Waals surface area contributed by atoms with Crippen molar-refractivity contribution in [3.8, 4) is 0 Å². The minimum absolute atomic E-state index is 0.0250. The van der Waals surface area contributed by atoms with E-state index in [0.29, 0.717) is 23.3 Å². The van der Waals surface area contributed by atoms with Crippen molar-refractivity contribution in [3.63, 3.8) is 0 Å². The monoisotopic (exact) mass is 311 g/mol. The highest BCUT2D eigenvalue weighted by molar-refractivity contribution is 6.33. The summed E-state index contributed by atoms with van der Waals surface area (Å²) in [6.07, 6.45) is 7.71. The van der Waals surface area contributed by atoms with Crippen LogP contribution in [0.3, 0.4) is 0 Å². The minimum Gasteiger partial charge on any atom is -0.377 e. The number of halogens is 1. The lowest BCUT2D eigenvalue weighted by Gasteiger charge is -2.16. The number of nitrogens with zero attached hydrogens (tertiary/aromatic N) is 1. The molecule has 21 heavy (non-hydrogen) atoms. The van der Waals surface area contributed by atoms with Gasteiger partial charge >= 0.3 is 0 Å². The molecule has 0 saturated heterocycles. The Hall–Kier alpha value is -1.33. The predicted octanol–water partition coefficient (Wildman–Crippen LogP) is 3.97. The van der Waals surface area contributed by atoms with E-state index in [4.69, 9.17) is 11.6 Å². The molecule has 1 fully saturated rings. The second-order valence-electron chi connectivity index (χ2n) is 5.46. The fourth-order valence-electron chi connectivity index (χ4n) is 2.79. The fraction of sp³-hybridized carbons (Fsp3) is 0.600. The van der Waals surface area contributed by atoms with Gasteiger partial charge in [-0.3, -0.25) is 10.1 Å². The van der Waals surface area contributed by atoms with Gasteiger partial charge in [-0.25, -0.2) is 0 Å². The summed E-state index contributed by atoms with van der Waals surface area (Å²) in [5, 5.41) is 18.0. The first-order chi connectivity index (χ1) is 10.2. The molecule has 1 aliphatic carbocycles. The van der Waals surface area contributed by atoms with Crippen molar-refractivity contribution in [3.05, 3.63) is 33.3 Å². The molecule has 0 spiro atoms. The van der Waals surface area contributed by atoms with E-state index in [1.54, 1.807) is 12.1 Å². The van der Waals surface area contributed by atoms with Gasteiger partial charge in [-0.2, -0.15) is 0 Å². The first-order valence-electron chi connectivity index (χ1n) is 7.58. The van der Waals surface area contributed by atoms with Crippen LogP contribution in [0.25, 0.3) is 0 Å². The Morgan fingerprint density at radius 2 is 1.90 bits per heavy atom. The normalized spacial score (nSPS) is 16.4. The Kier molecular flexibility index (Phi) is 6.26. The van der Waals surface area contributed by atoms with Crippen LogP contribution in [-0.2, 0) is 0 Å². The average molecular weight is 312 g/mol. The van der Waals surface area contributed by atoms with Gasteiger partial charge < -0.3 is 10.6 Å². The number of hydrogen-bond acceptors (Lipinski definition) is 4. The molecule has 1 aromatic carbocycles. The molecule has 0 radical (unpaired) electrons. The van der Waals surface area contributed by atoms with E-state index >= 15 is 0 Å². The summed E-state index contributed by atoms with van der Waals surface area (Å²) in [4.78, 5) is 10.6. The lowest BCUT2D eigenvalue weighted by Crippen LogP contribution is -2.32. The Morgan fingerprint density at radius 1 is 1.19 bits per heavy atom. The van der Waals surface area contributed by atoms with Gasteiger partial charge in [0.1, 0.15) is 5.69 Å². The standard InChI is InChI=1S/C15H22ClN3O2/c16-13-8-5-9-14(19(20)21)15(13)18-11-10-17-12-6-3-1-2-4-7-12/h5,8-9,12,17-18H,1-4,6-7,10-11H2. The third-order valence-electron chi connectivity index (χ3n) is 3.90. The minimum atomic E-state index is -0.410. The molecule has 0 aliphatic heterocycles. The summed E-state index contributed by atoms with van der Waals surface area (Å²) in [6, 6.07) is 5.30. The Morgan fingerprint density at radius 3 is 2.57 bits per heavy atom. The van der Waals surface area contributed by atoms with Gasteiger partial charge in [0.15, 0.2) is 0 Å². The van der Waals surface area contributed by atoms with Gasteiger partial charge in [-0.15, -0.1) is 0 Å². The Balaban J connectivity index is 1.82. The lowest BCUT2D eigenvalue weighted by atomic mass is 10.1. The predicted molar refractivity (Wildman–Crippen MR) is 86.1 cm³/mol. The largest absolute Gasteiger partial charge is 0.377 e. The Bertz CT molecular complexity index is 474. The summed E-state index contributed by atoms with van der Waals surface area (Å²) in [6.45, 7) is 1.41. The molecule has 1 aliphatic rings. The van der Waals surface area contributed by atoms with Crippen molar-refractivity contribution in [2.45, 2.75) is 44.6 Å². The highest BCUT2D eigenvalue weighted by Gasteiger charge is 2.16. The van der Waals surface area contributed by atoms with E-state index in [-0.39, 0.29) is 5.69 Å². The molecule has 1 saturated carbocycles. The molecular formula is C15H22ClN3O2. The van der Waals surface area contributed by atoms with Crippen molar-refractivity contribution in [1.29, 1.82) is 0 Å². The fourth-order valence-corrected chi connectivity index (χ4v) is 3.02. The maximum Gasteiger partial charge on any atom is 0.293 e.